The van der Waals surface area contributed by atoms with Crippen LogP contribution in [0.3, 0.4) is 0 Å². The number of carbonyl (C=O) groups is 1. The fourth-order valence-corrected chi connectivity index (χ4v) is 2.36. The van der Waals surface area contributed by atoms with Crippen molar-refractivity contribution in [3.8, 4) is 0 Å². The Morgan fingerprint density at radius 3 is 2.67 bits per heavy atom. The van der Waals surface area contributed by atoms with Crippen LogP contribution in [0.2, 0.25) is 0 Å². The van der Waals surface area contributed by atoms with Crippen molar-refractivity contribution in [2.24, 2.45) is 18.2 Å². The zero-order chi connectivity index (χ0) is 15.3. The van der Waals surface area contributed by atoms with Gasteiger partial charge in [0, 0.05) is 13.1 Å². The van der Waals surface area contributed by atoms with Gasteiger partial charge in [0.05, 0.1) is 11.7 Å². The number of carbonyl (C=O) groups excluding carboxylic acids is 1. The zero-order valence-corrected chi connectivity index (χ0v) is 15.1. The second kappa shape index (κ2) is 8.66. The molecule has 0 aliphatic rings. The molecular formula is C14H27ClN4OS. The first-order chi connectivity index (χ1) is 9.23. The third-order valence-corrected chi connectivity index (χ3v) is 3.51. The van der Waals surface area contributed by atoms with E-state index in [0.717, 1.165) is 17.9 Å². The molecule has 0 aromatic carbocycles. The summed E-state index contributed by atoms with van der Waals surface area (Å²) in [5, 5.41) is 7.28. The van der Waals surface area contributed by atoms with E-state index in [4.69, 9.17) is 5.73 Å². The van der Waals surface area contributed by atoms with Crippen molar-refractivity contribution in [1.82, 2.24) is 9.78 Å². The Morgan fingerprint density at radius 2 is 2.14 bits per heavy atom. The number of hydrogen-bond donors (Lipinski definition) is 2. The number of nitrogens with one attached hydrogen (secondary N) is 1. The molecule has 3 N–H and O–H groups in total. The highest BCUT2D eigenvalue weighted by atomic mass is 35.5. The van der Waals surface area contributed by atoms with E-state index in [9.17, 15) is 4.79 Å². The van der Waals surface area contributed by atoms with Gasteiger partial charge in [-0.2, -0.15) is 16.9 Å². The maximum atomic E-state index is 12.0. The van der Waals surface area contributed by atoms with Crippen LogP contribution in [0.4, 0.5) is 5.82 Å². The van der Waals surface area contributed by atoms with Crippen LogP contribution in [0.15, 0.2) is 6.07 Å². The standard InChI is InChI=1S/C14H26N4OS.ClH/c1-14(2,3)9-10-8-12(18(4)17-10)16-13(19)11(15)6-7-20-5;/h8,11H,6-7,9,15H2,1-5H3,(H,16,19);1H/t11-;/m0./s1. The second-order valence-electron chi connectivity index (χ2n) is 6.26. The molecule has 0 bridgehead atoms. The number of thioether (sulfide) groups is 1. The summed E-state index contributed by atoms with van der Waals surface area (Å²) in [5.74, 6) is 1.44. The molecule has 0 aliphatic carbocycles. The lowest BCUT2D eigenvalue weighted by Gasteiger charge is -2.15. The number of aromatic nitrogens is 2. The van der Waals surface area contributed by atoms with Gasteiger partial charge >= 0.3 is 0 Å². The topological polar surface area (TPSA) is 72.9 Å². The van der Waals surface area contributed by atoms with Gasteiger partial charge < -0.3 is 11.1 Å². The van der Waals surface area contributed by atoms with E-state index in [2.05, 4.69) is 31.2 Å². The molecule has 0 saturated heterocycles. The van der Waals surface area contributed by atoms with Crippen LogP contribution >= 0.6 is 24.2 Å². The van der Waals surface area contributed by atoms with Gasteiger partial charge in [-0.05, 0) is 30.3 Å². The molecule has 0 aliphatic heterocycles. The van der Waals surface area contributed by atoms with Crippen LogP contribution in [0.5, 0.6) is 0 Å². The molecule has 0 radical (unpaired) electrons. The van der Waals surface area contributed by atoms with Crippen molar-refractivity contribution in [2.45, 2.75) is 39.7 Å². The molecular weight excluding hydrogens is 308 g/mol. The molecule has 1 aromatic heterocycles. The average Bonchev–Trinajstić information content (AvgIpc) is 2.63. The Labute approximate surface area is 137 Å². The first-order valence-electron chi connectivity index (χ1n) is 6.81. The number of amides is 1. The number of rotatable bonds is 6. The van der Waals surface area contributed by atoms with Crippen LogP contribution < -0.4 is 11.1 Å². The maximum Gasteiger partial charge on any atom is 0.242 e. The molecule has 122 valence electrons. The highest BCUT2D eigenvalue weighted by Crippen LogP contribution is 2.21. The average molecular weight is 335 g/mol. The number of halogens is 1. The zero-order valence-electron chi connectivity index (χ0n) is 13.5. The SMILES string of the molecule is CSCC[C@H](N)C(=O)Nc1cc(CC(C)(C)C)nn1C.Cl. The van der Waals surface area contributed by atoms with Crippen molar-refractivity contribution in [1.29, 1.82) is 0 Å². The lowest BCUT2D eigenvalue weighted by atomic mass is 9.91. The van der Waals surface area contributed by atoms with Gasteiger partial charge in [0.2, 0.25) is 5.91 Å². The van der Waals surface area contributed by atoms with Crippen molar-refractivity contribution in [3.05, 3.63) is 11.8 Å². The van der Waals surface area contributed by atoms with Gasteiger partial charge in [-0.1, -0.05) is 20.8 Å². The minimum atomic E-state index is -0.469. The van der Waals surface area contributed by atoms with Gasteiger partial charge in [-0.15, -0.1) is 12.4 Å². The van der Waals surface area contributed by atoms with Crippen LogP contribution in [0, 0.1) is 5.41 Å². The monoisotopic (exact) mass is 334 g/mol. The Kier molecular flexibility index (Phi) is 8.36. The van der Waals surface area contributed by atoms with E-state index in [1.807, 2.05) is 19.4 Å². The maximum absolute atomic E-state index is 12.0. The highest BCUT2D eigenvalue weighted by Gasteiger charge is 2.18. The third kappa shape index (κ3) is 7.20. The largest absolute Gasteiger partial charge is 0.320 e. The quantitative estimate of drug-likeness (QED) is 0.838. The summed E-state index contributed by atoms with van der Waals surface area (Å²) in [4.78, 5) is 12.0. The molecule has 1 amide bonds. The molecule has 1 rings (SSSR count). The van der Waals surface area contributed by atoms with Crippen molar-refractivity contribution < 1.29 is 4.79 Å². The van der Waals surface area contributed by atoms with E-state index < -0.39 is 6.04 Å². The molecule has 7 heteroatoms. The molecule has 5 nitrogen and oxygen atoms in total. The lowest BCUT2D eigenvalue weighted by molar-refractivity contribution is -0.117. The Bertz CT molecular complexity index is 456. The number of anilines is 1. The predicted octanol–water partition coefficient (Wildman–Crippen LogP) is 2.45. The van der Waals surface area contributed by atoms with Crippen molar-refractivity contribution in [3.63, 3.8) is 0 Å². The lowest BCUT2D eigenvalue weighted by Crippen LogP contribution is -2.36. The molecule has 1 aromatic rings. The van der Waals surface area contributed by atoms with Gasteiger partial charge in [-0.25, -0.2) is 0 Å². The van der Waals surface area contributed by atoms with Crippen LogP contribution in [0.25, 0.3) is 0 Å². The summed E-state index contributed by atoms with van der Waals surface area (Å²) in [6.07, 6.45) is 3.56. The molecule has 0 spiro atoms. The Morgan fingerprint density at radius 1 is 1.52 bits per heavy atom. The summed E-state index contributed by atoms with van der Waals surface area (Å²) in [6, 6.07) is 1.45. The number of aryl methyl sites for hydroxylation is 1. The first-order valence-corrected chi connectivity index (χ1v) is 8.20. The molecule has 1 heterocycles. The van der Waals surface area contributed by atoms with Gasteiger partial charge in [0.1, 0.15) is 5.82 Å². The first kappa shape index (κ1) is 20.3. The van der Waals surface area contributed by atoms with Gasteiger partial charge in [-0.3, -0.25) is 9.48 Å². The third-order valence-electron chi connectivity index (χ3n) is 2.86. The summed E-state index contributed by atoms with van der Waals surface area (Å²) in [6.45, 7) is 6.49. The number of nitrogens with zero attached hydrogens (tertiary/aromatic N) is 2. The van der Waals surface area contributed by atoms with E-state index in [1.54, 1.807) is 16.4 Å². The molecule has 0 saturated carbocycles. The van der Waals surface area contributed by atoms with E-state index >= 15 is 0 Å². The normalized spacial score (nSPS) is 12.7. The Balaban J connectivity index is 0.00000400. The fraction of sp³-hybridized carbons (Fsp3) is 0.714. The smallest absolute Gasteiger partial charge is 0.242 e. The molecule has 0 unspecified atom stereocenters. The van der Waals surface area contributed by atoms with Gasteiger partial charge in [0.25, 0.3) is 0 Å². The minimum absolute atomic E-state index is 0. The van der Waals surface area contributed by atoms with Crippen LogP contribution in [0.1, 0.15) is 32.9 Å². The fourth-order valence-electron chi connectivity index (χ4n) is 1.87. The predicted molar refractivity (Wildman–Crippen MR) is 93.2 cm³/mol. The molecule has 1 atom stereocenters. The molecule has 0 fully saturated rings. The minimum Gasteiger partial charge on any atom is -0.320 e. The van der Waals surface area contributed by atoms with Crippen LogP contribution in [-0.2, 0) is 18.3 Å². The highest BCUT2D eigenvalue weighted by molar-refractivity contribution is 7.98. The molecule has 21 heavy (non-hydrogen) atoms. The summed E-state index contributed by atoms with van der Waals surface area (Å²) in [7, 11) is 1.83. The number of nitrogens with two attached hydrogens (primary N) is 1. The van der Waals surface area contributed by atoms with Crippen molar-refractivity contribution in [2.75, 3.05) is 17.3 Å². The van der Waals surface area contributed by atoms with Crippen molar-refractivity contribution >= 4 is 35.9 Å². The Hall–Kier alpha value is -0.720. The summed E-state index contributed by atoms with van der Waals surface area (Å²) < 4.78 is 1.69. The van der Waals surface area contributed by atoms with Gasteiger partial charge in [0.15, 0.2) is 0 Å². The summed E-state index contributed by atoms with van der Waals surface area (Å²) >= 11 is 1.69. The van der Waals surface area contributed by atoms with Crippen LogP contribution in [-0.4, -0.2) is 33.7 Å². The van der Waals surface area contributed by atoms with E-state index in [1.165, 1.54) is 0 Å². The van der Waals surface area contributed by atoms with E-state index in [-0.39, 0.29) is 23.7 Å². The summed E-state index contributed by atoms with van der Waals surface area (Å²) in [5.41, 5.74) is 7.01. The van der Waals surface area contributed by atoms with E-state index in [0.29, 0.717) is 12.2 Å². The number of hydrogen-bond acceptors (Lipinski definition) is 4. The second-order valence-corrected chi connectivity index (χ2v) is 7.24.